The summed E-state index contributed by atoms with van der Waals surface area (Å²) in [6.45, 7) is 0.956. The van der Waals surface area contributed by atoms with Gasteiger partial charge in [0.15, 0.2) is 6.10 Å². The first kappa shape index (κ1) is 11.1. The third kappa shape index (κ3) is 2.08. The molecule has 0 unspecified atom stereocenters. The van der Waals surface area contributed by atoms with E-state index < -0.39 is 12.2 Å². The Labute approximate surface area is 94.4 Å². The van der Waals surface area contributed by atoms with E-state index in [0.29, 0.717) is 13.2 Å². The molecule has 4 heteroatoms. The van der Waals surface area contributed by atoms with Crippen LogP contribution >= 0.6 is 0 Å². The van der Waals surface area contributed by atoms with Crippen molar-refractivity contribution in [2.75, 3.05) is 20.2 Å². The third-order valence-corrected chi connectivity index (χ3v) is 2.77. The number of likely N-dealkylation sites (N-methyl/N-ethyl adjacent to an activating group) is 1. The minimum atomic E-state index is -1.12. The number of rotatable bonds is 1. The van der Waals surface area contributed by atoms with Crippen molar-refractivity contribution in [3.05, 3.63) is 35.9 Å². The Bertz CT molecular complexity index is 366. The average Bonchev–Trinajstić information content (AvgIpc) is 2.44. The normalized spacial score (nSPS) is 26.6. The number of aliphatic hydroxyl groups is 1. The maximum Gasteiger partial charge on any atom is 0.254 e. The molecule has 86 valence electrons. The van der Waals surface area contributed by atoms with Crippen LogP contribution in [0, 0.1) is 0 Å². The summed E-state index contributed by atoms with van der Waals surface area (Å²) in [6.07, 6.45) is -1.67. The third-order valence-electron chi connectivity index (χ3n) is 2.77. The Balaban J connectivity index is 2.24. The molecule has 0 aliphatic carbocycles. The van der Waals surface area contributed by atoms with Crippen LogP contribution in [0.3, 0.4) is 0 Å². The van der Waals surface area contributed by atoms with Crippen molar-refractivity contribution in [1.82, 2.24) is 4.90 Å². The number of ether oxygens (including phenoxy) is 1. The molecule has 2 rings (SSSR count). The number of carbonyl (C=O) groups is 1. The van der Waals surface area contributed by atoms with Gasteiger partial charge in [-0.2, -0.15) is 0 Å². The van der Waals surface area contributed by atoms with Gasteiger partial charge in [0, 0.05) is 13.6 Å². The molecule has 1 fully saturated rings. The van der Waals surface area contributed by atoms with E-state index in [1.54, 1.807) is 7.05 Å². The van der Waals surface area contributed by atoms with Gasteiger partial charge >= 0.3 is 0 Å². The Morgan fingerprint density at radius 1 is 1.38 bits per heavy atom. The standard InChI is InChI=1S/C12H15NO3/c1-13-7-8-16-11(10(14)12(13)15)9-5-3-2-4-6-9/h2-6,10-11,14H,7-8H2,1H3/t10-,11-/m0/s1. The summed E-state index contributed by atoms with van der Waals surface area (Å²) in [5.74, 6) is -0.286. The number of benzene rings is 1. The van der Waals surface area contributed by atoms with Crippen molar-refractivity contribution in [3.8, 4) is 0 Å². The fourth-order valence-corrected chi connectivity index (χ4v) is 1.79. The minimum absolute atomic E-state index is 0.286. The second-order valence-electron chi connectivity index (χ2n) is 3.91. The van der Waals surface area contributed by atoms with Crippen molar-refractivity contribution >= 4 is 5.91 Å². The van der Waals surface area contributed by atoms with Crippen molar-refractivity contribution in [2.45, 2.75) is 12.2 Å². The van der Waals surface area contributed by atoms with Gasteiger partial charge in [0.05, 0.1) is 6.61 Å². The molecule has 0 aromatic heterocycles. The van der Waals surface area contributed by atoms with Gasteiger partial charge in [0.2, 0.25) is 0 Å². The molecule has 1 aliphatic rings. The van der Waals surface area contributed by atoms with Gasteiger partial charge in [0.25, 0.3) is 5.91 Å². The van der Waals surface area contributed by atoms with Crippen LogP contribution in [0.15, 0.2) is 30.3 Å². The number of carbonyl (C=O) groups excluding carboxylic acids is 1. The zero-order valence-electron chi connectivity index (χ0n) is 9.17. The van der Waals surface area contributed by atoms with E-state index in [4.69, 9.17) is 4.74 Å². The highest BCUT2D eigenvalue weighted by Crippen LogP contribution is 2.24. The molecule has 0 saturated carbocycles. The number of hydrogen-bond donors (Lipinski definition) is 1. The topological polar surface area (TPSA) is 49.8 Å². The summed E-state index contributed by atoms with van der Waals surface area (Å²) in [6, 6.07) is 9.33. The molecule has 16 heavy (non-hydrogen) atoms. The molecule has 1 aliphatic heterocycles. The first-order chi connectivity index (χ1) is 7.70. The summed E-state index contributed by atoms with van der Waals surface area (Å²) in [7, 11) is 1.67. The van der Waals surface area contributed by atoms with E-state index in [-0.39, 0.29) is 5.91 Å². The second-order valence-corrected chi connectivity index (χ2v) is 3.91. The highest BCUT2D eigenvalue weighted by Gasteiger charge is 2.32. The first-order valence-electron chi connectivity index (χ1n) is 5.30. The fraction of sp³-hybridized carbons (Fsp3) is 0.417. The van der Waals surface area contributed by atoms with Crippen LogP contribution in [0.2, 0.25) is 0 Å². The van der Waals surface area contributed by atoms with Crippen LogP contribution < -0.4 is 0 Å². The van der Waals surface area contributed by atoms with Crippen LogP contribution in [-0.2, 0) is 9.53 Å². The predicted molar refractivity (Wildman–Crippen MR) is 58.8 cm³/mol. The summed E-state index contributed by atoms with van der Waals surface area (Å²) >= 11 is 0. The number of hydrogen-bond acceptors (Lipinski definition) is 3. The van der Waals surface area contributed by atoms with E-state index in [1.165, 1.54) is 4.90 Å². The van der Waals surface area contributed by atoms with Crippen LogP contribution in [0.4, 0.5) is 0 Å². The van der Waals surface area contributed by atoms with Gasteiger partial charge in [-0.05, 0) is 5.56 Å². The highest BCUT2D eigenvalue weighted by molar-refractivity contribution is 5.81. The van der Waals surface area contributed by atoms with Gasteiger partial charge in [0.1, 0.15) is 6.10 Å². The van der Waals surface area contributed by atoms with Crippen LogP contribution in [0.25, 0.3) is 0 Å². The Kier molecular flexibility index (Phi) is 3.22. The van der Waals surface area contributed by atoms with E-state index >= 15 is 0 Å². The van der Waals surface area contributed by atoms with Crippen molar-refractivity contribution < 1.29 is 14.6 Å². The van der Waals surface area contributed by atoms with Crippen LogP contribution in [0.5, 0.6) is 0 Å². The monoisotopic (exact) mass is 221 g/mol. The maximum absolute atomic E-state index is 11.7. The van der Waals surface area contributed by atoms with E-state index in [9.17, 15) is 9.90 Å². The molecule has 1 aromatic rings. The van der Waals surface area contributed by atoms with Gasteiger partial charge in [-0.25, -0.2) is 0 Å². The SMILES string of the molecule is CN1CCO[C@@H](c2ccccc2)[C@H](O)C1=O. The van der Waals surface area contributed by atoms with Crippen LogP contribution in [-0.4, -0.2) is 42.2 Å². The summed E-state index contributed by atoms with van der Waals surface area (Å²) < 4.78 is 5.53. The summed E-state index contributed by atoms with van der Waals surface area (Å²) in [5.41, 5.74) is 0.832. The van der Waals surface area contributed by atoms with Gasteiger partial charge in [-0.3, -0.25) is 4.79 Å². The molecule has 1 aromatic carbocycles. The molecule has 2 atom stereocenters. The van der Waals surface area contributed by atoms with Gasteiger partial charge < -0.3 is 14.7 Å². The van der Waals surface area contributed by atoms with Crippen LogP contribution in [0.1, 0.15) is 11.7 Å². The minimum Gasteiger partial charge on any atom is -0.380 e. The predicted octanol–water partition coefficient (Wildman–Crippen LogP) is 0.577. The zero-order valence-corrected chi connectivity index (χ0v) is 9.17. The van der Waals surface area contributed by atoms with Crippen molar-refractivity contribution in [2.24, 2.45) is 0 Å². The molecule has 1 heterocycles. The number of nitrogens with zero attached hydrogens (tertiary/aromatic N) is 1. The van der Waals surface area contributed by atoms with Crippen molar-refractivity contribution in [3.63, 3.8) is 0 Å². The Morgan fingerprint density at radius 2 is 2.06 bits per heavy atom. The lowest BCUT2D eigenvalue weighted by Gasteiger charge is -2.20. The fourth-order valence-electron chi connectivity index (χ4n) is 1.79. The molecule has 1 amide bonds. The molecule has 0 bridgehead atoms. The largest absolute Gasteiger partial charge is 0.380 e. The average molecular weight is 221 g/mol. The van der Waals surface area contributed by atoms with Gasteiger partial charge in [-0.1, -0.05) is 30.3 Å². The zero-order chi connectivity index (χ0) is 11.5. The second kappa shape index (κ2) is 4.63. The highest BCUT2D eigenvalue weighted by atomic mass is 16.5. The molecule has 1 saturated heterocycles. The lowest BCUT2D eigenvalue weighted by molar-refractivity contribution is -0.142. The molecule has 4 nitrogen and oxygen atoms in total. The Morgan fingerprint density at radius 3 is 2.75 bits per heavy atom. The van der Waals surface area contributed by atoms with E-state index in [2.05, 4.69) is 0 Å². The molecule has 1 N–H and O–H groups in total. The molecule has 0 spiro atoms. The molecule has 0 radical (unpaired) electrons. The van der Waals surface area contributed by atoms with E-state index in [0.717, 1.165) is 5.56 Å². The van der Waals surface area contributed by atoms with Gasteiger partial charge in [-0.15, -0.1) is 0 Å². The quantitative estimate of drug-likeness (QED) is 0.754. The summed E-state index contributed by atoms with van der Waals surface area (Å²) in [4.78, 5) is 13.2. The molecular formula is C12H15NO3. The van der Waals surface area contributed by atoms with Crippen molar-refractivity contribution in [1.29, 1.82) is 0 Å². The number of aliphatic hydroxyl groups excluding tert-OH is 1. The number of amides is 1. The maximum atomic E-state index is 11.7. The molecular weight excluding hydrogens is 206 g/mol. The lowest BCUT2D eigenvalue weighted by atomic mass is 10.0. The van der Waals surface area contributed by atoms with E-state index in [1.807, 2.05) is 30.3 Å². The first-order valence-corrected chi connectivity index (χ1v) is 5.30. The Hall–Kier alpha value is -1.39. The summed E-state index contributed by atoms with van der Waals surface area (Å²) in [5, 5.41) is 9.93. The lowest BCUT2D eigenvalue weighted by Crippen LogP contribution is -2.37. The smallest absolute Gasteiger partial charge is 0.254 e.